The molecule has 0 N–H and O–H groups in total. The highest BCUT2D eigenvalue weighted by molar-refractivity contribution is 9.10. The van der Waals surface area contributed by atoms with Gasteiger partial charge in [0.05, 0.1) is 12.8 Å². The maximum atomic E-state index is 5.45. The Labute approximate surface area is 145 Å². The summed E-state index contributed by atoms with van der Waals surface area (Å²) in [5.74, 6) is 1.46. The van der Waals surface area contributed by atoms with E-state index in [-0.39, 0.29) is 0 Å². The van der Waals surface area contributed by atoms with Crippen molar-refractivity contribution in [3.05, 3.63) is 63.7 Å². The van der Waals surface area contributed by atoms with E-state index in [0.717, 1.165) is 31.5 Å². The summed E-state index contributed by atoms with van der Waals surface area (Å²) in [7, 11) is 1.65. The number of rotatable bonds is 3. The molecule has 0 saturated heterocycles. The topological polar surface area (TPSA) is 35.0 Å². The van der Waals surface area contributed by atoms with Gasteiger partial charge >= 0.3 is 0 Å². The maximum Gasteiger partial charge on any atom is 0.159 e. The van der Waals surface area contributed by atoms with Crippen LogP contribution in [0.2, 0.25) is 0 Å². The van der Waals surface area contributed by atoms with E-state index < -0.39 is 0 Å². The third-order valence-electron chi connectivity index (χ3n) is 3.20. The number of nitrogens with zero attached hydrogens (tertiary/aromatic N) is 2. The molecular formula is C17H12Br2N2O. The number of halogens is 2. The van der Waals surface area contributed by atoms with Crippen LogP contribution in [0, 0.1) is 0 Å². The lowest BCUT2D eigenvalue weighted by molar-refractivity contribution is 0.416. The molecule has 0 amide bonds. The minimum Gasteiger partial charge on any atom is -0.496 e. The molecule has 0 spiro atoms. The number of hydrogen-bond acceptors (Lipinski definition) is 3. The summed E-state index contributed by atoms with van der Waals surface area (Å²) in [5.41, 5.74) is 2.74. The van der Waals surface area contributed by atoms with Crippen molar-refractivity contribution < 1.29 is 4.74 Å². The molecule has 0 unspecified atom stereocenters. The van der Waals surface area contributed by atoms with Crippen molar-refractivity contribution in [3.63, 3.8) is 0 Å². The predicted octanol–water partition coefficient (Wildman–Crippen LogP) is 5.34. The van der Waals surface area contributed by atoms with Crippen LogP contribution in [0.1, 0.15) is 0 Å². The Balaban J connectivity index is 2.06. The third-order valence-corrected chi connectivity index (χ3v) is 4.22. The van der Waals surface area contributed by atoms with E-state index in [2.05, 4.69) is 41.8 Å². The fraction of sp³-hybridized carbons (Fsp3) is 0.0588. The molecule has 0 saturated carbocycles. The number of hydrogen-bond donors (Lipinski definition) is 0. The Bertz CT molecular complexity index is 804. The molecule has 0 fully saturated rings. The van der Waals surface area contributed by atoms with Crippen LogP contribution in [0.25, 0.3) is 22.6 Å². The fourth-order valence-electron chi connectivity index (χ4n) is 2.12. The van der Waals surface area contributed by atoms with Gasteiger partial charge in [-0.3, -0.25) is 0 Å². The van der Waals surface area contributed by atoms with Crippen LogP contribution in [0.4, 0.5) is 0 Å². The van der Waals surface area contributed by atoms with Gasteiger partial charge in [-0.1, -0.05) is 44.0 Å². The molecule has 110 valence electrons. The van der Waals surface area contributed by atoms with Gasteiger partial charge in [0.25, 0.3) is 0 Å². The van der Waals surface area contributed by atoms with Crippen LogP contribution in [0.15, 0.2) is 63.7 Å². The third kappa shape index (κ3) is 3.20. The van der Waals surface area contributed by atoms with Crippen molar-refractivity contribution in [3.8, 4) is 28.4 Å². The second-order valence-corrected chi connectivity index (χ2v) is 6.45. The van der Waals surface area contributed by atoms with E-state index in [1.807, 2.05) is 48.5 Å². The molecule has 0 radical (unpaired) electrons. The summed E-state index contributed by atoms with van der Waals surface area (Å²) in [6, 6.07) is 15.7. The van der Waals surface area contributed by atoms with Crippen LogP contribution in [-0.2, 0) is 0 Å². The van der Waals surface area contributed by atoms with Gasteiger partial charge in [-0.2, -0.15) is 0 Å². The summed E-state index contributed by atoms with van der Waals surface area (Å²) >= 11 is 6.88. The Morgan fingerprint density at radius 3 is 2.36 bits per heavy atom. The van der Waals surface area contributed by atoms with Gasteiger partial charge in [0, 0.05) is 26.3 Å². The molecule has 0 aliphatic heterocycles. The van der Waals surface area contributed by atoms with Crippen LogP contribution in [0.5, 0.6) is 5.75 Å². The fourth-order valence-corrected chi connectivity index (χ4v) is 2.73. The Morgan fingerprint density at radius 1 is 0.909 bits per heavy atom. The zero-order chi connectivity index (χ0) is 15.5. The summed E-state index contributed by atoms with van der Waals surface area (Å²) in [6.45, 7) is 0. The van der Waals surface area contributed by atoms with E-state index in [0.29, 0.717) is 5.82 Å². The number of methoxy groups -OCH3 is 1. The van der Waals surface area contributed by atoms with Gasteiger partial charge in [0.15, 0.2) is 5.82 Å². The molecule has 1 aromatic heterocycles. The Hall–Kier alpha value is -1.72. The van der Waals surface area contributed by atoms with Gasteiger partial charge in [-0.15, -0.1) is 0 Å². The summed E-state index contributed by atoms with van der Waals surface area (Å²) in [6.07, 6.45) is 1.77. The van der Waals surface area contributed by atoms with Crippen molar-refractivity contribution in [2.24, 2.45) is 0 Å². The molecule has 2 aromatic carbocycles. The number of aromatic nitrogens is 2. The molecular weight excluding hydrogens is 408 g/mol. The van der Waals surface area contributed by atoms with Gasteiger partial charge in [0.1, 0.15) is 5.75 Å². The van der Waals surface area contributed by atoms with Crippen molar-refractivity contribution in [1.29, 1.82) is 0 Å². The summed E-state index contributed by atoms with van der Waals surface area (Å²) in [5, 5.41) is 0. The molecule has 0 bridgehead atoms. The molecule has 0 aliphatic carbocycles. The quantitative estimate of drug-likeness (QED) is 0.574. The Kier molecular flexibility index (Phi) is 4.55. The van der Waals surface area contributed by atoms with Gasteiger partial charge in [0.2, 0.25) is 0 Å². The second kappa shape index (κ2) is 6.58. The molecule has 22 heavy (non-hydrogen) atoms. The Morgan fingerprint density at radius 2 is 1.64 bits per heavy atom. The first-order chi connectivity index (χ1) is 10.7. The van der Waals surface area contributed by atoms with Crippen molar-refractivity contribution in [1.82, 2.24) is 9.97 Å². The van der Waals surface area contributed by atoms with Crippen molar-refractivity contribution in [2.45, 2.75) is 0 Å². The summed E-state index contributed by atoms with van der Waals surface area (Å²) in [4.78, 5) is 9.02. The molecule has 3 aromatic rings. The first kappa shape index (κ1) is 15.2. The van der Waals surface area contributed by atoms with Crippen LogP contribution in [-0.4, -0.2) is 17.1 Å². The van der Waals surface area contributed by atoms with Gasteiger partial charge in [-0.05, 0) is 36.4 Å². The monoisotopic (exact) mass is 418 g/mol. The number of benzene rings is 2. The highest BCUT2D eigenvalue weighted by atomic mass is 79.9. The molecule has 0 aliphatic rings. The van der Waals surface area contributed by atoms with E-state index in [9.17, 15) is 0 Å². The molecule has 0 atom stereocenters. The predicted molar refractivity (Wildman–Crippen MR) is 94.9 cm³/mol. The minimum atomic E-state index is 0.690. The van der Waals surface area contributed by atoms with Crippen LogP contribution in [0.3, 0.4) is 0 Å². The first-order valence-electron chi connectivity index (χ1n) is 6.60. The van der Waals surface area contributed by atoms with Gasteiger partial charge < -0.3 is 4.74 Å². The normalized spacial score (nSPS) is 10.5. The average Bonchev–Trinajstić information content (AvgIpc) is 2.55. The van der Waals surface area contributed by atoms with Crippen molar-refractivity contribution in [2.75, 3.05) is 7.11 Å². The maximum absolute atomic E-state index is 5.45. The largest absolute Gasteiger partial charge is 0.496 e. The van der Waals surface area contributed by atoms with Crippen LogP contribution < -0.4 is 4.74 Å². The minimum absolute atomic E-state index is 0.690. The van der Waals surface area contributed by atoms with Gasteiger partial charge in [-0.25, -0.2) is 9.97 Å². The molecule has 5 heteroatoms. The lowest BCUT2D eigenvalue weighted by Gasteiger charge is -2.09. The lowest BCUT2D eigenvalue weighted by atomic mass is 10.1. The standard InChI is InChI=1S/C17H12Br2N2O/c1-22-16-10-13(19)6-7-14(16)15-8-9-20-17(21-15)11-2-4-12(18)5-3-11/h2-10H,1H3. The molecule has 3 nitrogen and oxygen atoms in total. The van der Waals surface area contributed by atoms with Crippen LogP contribution >= 0.6 is 31.9 Å². The smallest absolute Gasteiger partial charge is 0.159 e. The zero-order valence-corrected chi connectivity index (χ0v) is 14.9. The first-order valence-corrected chi connectivity index (χ1v) is 8.19. The summed E-state index contributed by atoms with van der Waals surface area (Å²) < 4.78 is 7.44. The van der Waals surface area contributed by atoms with Crippen molar-refractivity contribution >= 4 is 31.9 Å². The average molecular weight is 420 g/mol. The number of ether oxygens (including phenoxy) is 1. The highest BCUT2D eigenvalue weighted by Gasteiger charge is 2.10. The second-order valence-electron chi connectivity index (χ2n) is 4.62. The van der Waals surface area contributed by atoms with E-state index in [4.69, 9.17) is 4.74 Å². The lowest BCUT2D eigenvalue weighted by Crippen LogP contribution is -1.94. The highest BCUT2D eigenvalue weighted by Crippen LogP contribution is 2.32. The van der Waals surface area contributed by atoms with E-state index in [1.165, 1.54) is 0 Å². The zero-order valence-electron chi connectivity index (χ0n) is 11.8. The van der Waals surface area contributed by atoms with E-state index >= 15 is 0 Å². The SMILES string of the molecule is COc1cc(Br)ccc1-c1ccnc(-c2ccc(Br)cc2)n1. The molecule has 1 heterocycles. The molecule has 3 rings (SSSR count). The van der Waals surface area contributed by atoms with E-state index in [1.54, 1.807) is 13.3 Å².